The Labute approximate surface area is 136 Å². The van der Waals surface area contributed by atoms with Crippen LogP contribution in [-0.2, 0) is 5.75 Å². The minimum Gasteiger partial charge on any atom is -0.478 e. The van der Waals surface area contributed by atoms with Crippen molar-refractivity contribution in [1.29, 1.82) is 0 Å². The molecule has 2 aromatic carbocycles. The molecule has 6 heteroatoms. The molecule has 0 saturated heterocycles. The second kappa shape index (κ2) is 6.74. The summed E-state index contributed by atoms with van der Waals surface area (Å²) in [5.41, 5.74) is 0.755. The number of halogens is 3. The van der Waals surface area contributed by atoms with Crippen molar-refractivity contribution in [2.75, 3.05) is 0 Å². The number of carboxylic acids is 1. The van der Waals surface area contributed by atoms with Gasteiger partial charge in [0.05, 0.1) is 5.56 Å². The van der Waals surface area contributed by atoms with Crippen LogP contribution >= 0.6 is 43.6 Å². The molecule has 2 aromatic rings. The molecule has 0 fully saturated rings. The van der Waals surface area contributed by atoms with Gasteiger partial charge in [-0.3, -0.25) is 0 Å². The molecule has 0 atom stereocenters. The molecule has 0 aliphatic rings. The molecule has 20 heavy (non-hydrogen) atoms. The van der Waals surface area contributed by atoms with E-state index < -0.39 is 5.97 Å². The smallest absolute Gasteiger partial charge is 0.336 e. The summed E-state index contributed by atoms with van der Waals surface area (Å²) in [6.45, 7) is 0. The fourth-order valence-corrected chi connectivity index (χ4v) is 3.50. The zero-order chi connectivity index (χ0) is 14.7. The van der Waals surface area contributed by atoms with Crippen molar-refractivity contribution in [1.82, 2.24) is 0 Å². The van der Waals surface area contributed by atoms with Gasteiger partial charge in [-0.25, -0.2) is 9.18 Å². The highest BCUT2D eigenvalue weighted by molar-refractivity contribution is 9.10. The van der Waals surface area contributed by atoms with Gasteiger partial charge in [0.15, 0.2) is 0 Å². The van der Waals surface area contributed by atoms with E-state index in [1.165, 1.54) is 23.9 Å². The Bertz CT molecular complexity index is 662. The normalized spacial score (nSPS) is 10.6. The zero-order valence-corrected chi connectivity index (χ0v) is 14.1. The summed E-state index contributed by atoms with van der Waals surface area (Å²) in [5, 5.41) is 9.14. The molecule has 0 aliphatic carbocycles. The van der Waals surface area contributed by atoms with Crippen molar-refractivity contribution >= 4 is 49.6 Å². The Morgan fingerprint density at radius 3 is 2.45 bits per heavy atom. The van der Waals surface area contributed by atoms with Crippen LogP contribution in [0, 0.1) is 5.82 Å². The number of carboxylic acid groups (broad SMARTS) is 1. The highest BCUT2D eigenvalue weighted by Crippen LogP contribution is 2.30. The first-order valence-corrected chi connectivity index (χ1v) is 8.14. The Hall–Kier alpha value is -0.850. The SMILES string of the molecule is O=C(O)c1ccc(Br)cc1SCc1ccc(Br)cc1F. The predicted octanol–water partition coefficient (Wildman–Crippen LogP) is 5.34. The van der Waals surface area contributed by atoms with Crippen molar-refractivity contribution in [3.8, 4) is 0 Å². The van der Waals surface area contributed by atoms with E-state index >= 15 is 0 Å². The molecule has 0 amide bonds. The van der Waals surface area contributed by atoms with E-state index in [-0.39, 0.29) is 11.4 Å². The molecule has 0 radical (unpaired) electrons. The minimum absolute atomic E-state index is 0.218. The van der Waals surface area contributed by atoms with Gasteiger partial charge in [-0.2, -0.15) is 0 Å². The third-order valence-corrected chi connectivity index (χ3v) is 4.66. The molecule has 104 valence electrons. The average molecular weight is 420 g/mol. The monoisotopic (exact) mass is 418 g/mol. The van der Waals surface area contributed by atoms with E-state index in [4.69, 9.17) is 5.11 Å². The Balaban J connectivity index is 2.22. The molecule has 0 saturated carbocycles. The van der Waals surface area contributed by atoms with Crippen LogP contribution in [0.5, 0.6) is 0 Å². The fraction of sp³-hybridized carbons (Fsp3) is 0.0714. The fourth-order valence-electron chi connectivity index (χ4n) is 1.59. The van der Waals surface area contributed by atoms with Gasteiger partial charge in [-0.05, 0) is 35.9 Å². The highest BCUT2D eigenvalue weighted by Gasteiger charge is 2.12. The van der Waals surface area contributed by atoms with E-state index in [0.29, 0.717) is 20.7 Å². The van der Waals surface area contributed by atoms with Gasteiger partial charge in [-0.15, -0.1) is 11.8 Å². The number of aromatic carboxylic acids is 1. The largest absolute Gasteiger partial charge is 0.478 e. The van der Waals surface area contributed by atoms with Gasteiger partial charge in [-0.1, -0.05) is 37.9 Å². The van der Waals surface area contributed by atoms with Crippen molar-refractivity contribution in [2.24, 2.45) is 0 Å². The summed E-state index contributed by atoms with van der Waals surface area (Å²) in [7, 11) is 0. The Morgan fingerprint density at radius 2 is 1.80 bits per heavy atom. The number of thioether (sulfide) groups is 1. The molecule has 0 heterocycles. The maximum atomic E-state index is 13.7. The molecule has 0 aliphatic heterocycles. The average Bonchev–Trinajstić information content (AvgIpc) is 2.37. The summed E-state index contributed by atoms with van der Waals surface area (Å²) in [6.07, 6.45) is 0. The molecule has 0 aromatic heterocycles. The maximum absolute atomic E-state index is 13.7. The number of benzene rings is 2. The lowest BCUT2D eigenvalue weighted by molar-refractivity contribution is 0.0693. The standard InChI is InChI=1S/C14H9Br2FO2S/c15-9-2-1-8(12(17)5-9)7-20-13-6-10(16)3-4-11(13)14(18)19/h1-6H,7H2,(H,18,19). The van der Waals surface area contributed by atoms with E-state index in [9.17, 15) is 9.18 Å². The van der Waals surface area contributed by atoms with Crippen LogP contribution in [0.1, 0.15) is 15.9 Å². The molecular weight excluding hydrogens is 411 g/mol. The van der Waals surface area contributed by atoms with Crippen molar-refractivity contribution < 1.29 is 14.3 Å². The van der Waals surface area contributed by atoms with Crippen LogP contribution in [0.15, 0.2) is 50.2 Å². The van der Waals surface area contributed by atoms with Gasteiger partial charge in [0.1, 0.15) is 5.82 Å². The first-order chi connectivity index (χ1) is 9.47. The van der Waals surface area contributed by atoms with Gasteiger partial charge in [0.2, 0.25) is 0 Å². The van der Waals surface area contributed by atoms with Crippen LogP contribution in [-0.4, -0.2) is 11.1 Å². The molecule has 0 bridgehead atoms. The molecule has 0 unspecified atom stereocenters. The third kappa shape index (κ3) is 3.84. The van der Waals surface area contributed by atoms with E-state index in [1.807, 2.05) is 0 Å². The number of rotatable bonds is 4. The second-order valence-corrected chi connectivity index (χ2v) is 6.82. The minimum atomic E-state index is -0.990. The lowest BCUT2D eigenvalue weighted by atomic mass is 10.2. The number of carbonyl (C=O) groups is 1. The number of hydrogen-bond acceptors (Lipinski definition) is 2. The van der Waals surface area contributed by atoms with Gasteiger partial charge in [0.25, 0.3) is 0 Å². The zero-order valence-electron chi connectivity index (χ0n) is 10.1. The highest BCUT2D eigenvalue weighted by atomic mass is 79.9. The van der Waals surface area contributed by atoms with Crippen LogP contribution in [0.4, 0.5) is 4.39 Å². The third-order valence-electron chi connectivity index (χ3n) is 2.57. The van der Waals surface area contributed by atoms with Crippen LogP contribution in [0.25, 0.3) is 0 Å². The lowest BCUT2D eigenvalue weighted by Crippen LogP contribution is -1.99. The van der Waals surface area contributed by atoms with Gasteiger partial charge < -0.3 is 5.11 Å². The van der Waals surface area contributed by atoms with Crippen molar-refractivity contribution in [3.63, 3.8) is 0 Å². The van der Waals surface area contributed by atoms with Crippen LogP contribution in [0.2, 0.25) is 0 Å². The van der Waals surface area contributed by atoms with Crippen molar-refractivity contribution in [3.05, 3.63) is 62.3 Å². The summed E-state index contributed by atoms with van der Waals surface area (Å²) in [5.74, 6) is -0.925. The van der Waals surface area contributed by atoms with E-state index in [2.05, 4.69) is 31.9 Å². The molecule has 2 rings (SSSR count). The van der Waals surface area contributed by atoms with E-state index in [1.54, 1.807) is 24.3 Å². The Kier molecular flexibility index (Phi) is 5.23. The van der Waals surface area contributed by atoms with Crippen LogP contribution < -0.4 is 0 Å². The molecule has 0 spiro atoms. The summed E-state index contributed by atoms with van der Waals surface area (Å²) < 4.78 is 15.2. The topological polar surface area (TPSA) is 37.3 Å². The predicted molar refractivity (Wildman–Crippen MR) is 84.8 cm³/mol. The number of hydrogen-bond donors (Lipinski definition) is 1. The Morgan fingerprint density at radius 1 is 1.15 bits per heavy atom. The first-order valence-electron chi connectivity index (χ1n) is 5.57. The maximum Gasteiger partial charge on any atom is 0.336 e. The molecule has 1 N–H and O–H groups in total. The van der Waals surface area contributed by atoms with Gasteiger partial charge in [0, 0.05) is 19.6 Å². The van der Waals surface area contributed by atoms with Crippen molar-refractivity contribution in [2.45, 2.75) is 10.6 Å². The summed E-state index contributed by atoms with van der Waals surface area (Å²) in [6, 6.07) is 9.78. The second-order valence-electron chi connectivity index (χ2n) is 3.97. The summed E-state index contributed by atoms with van der Waals surface area (Å²) >= 11 is 7.81. The van der Waals surface area contributed by atoms with E-state index in [0.717, 1.165) is 4.47 Å². The van der Waals surface area contributed by atoms with Crippen LogP contribution in [0.3, 0.4) is 0 Å². The quantitative estimate of drug-likeness (QED) is 0.679. The summed E-state index contributed by atoms with van der Waals surface area (Å²) in [4.78, 5) is 11.8. The van der Waals surface area contributed by atoms with Gasteiger partial charge >= 0.3 is 5.97 Å². The first kappa shape index (κ1) is 15.5. The molecular formula is C14H9Br2FO2S. The molecule has 2 nitrogen and oxygen atoms in total. The lowest BCUT2D eigenvalue weighted by Gasteiger charge is -2.07.